The molecule has 1 unspecified atom stereocenters. The molecule has 0 radical (unpaired) electrons. The number of nitrogens with zero attached hydrogens (tertiary/aromatic N) is 2. The minimum Gasteiger partial charge on any atom is -0.369 e. The number of anilines is 1. The summed E-state index contributed by atoms with van der Waals surface area (Å²) in [7, 11) is 0. The fourth-order valence-corrected chi connectivity index (χ4v) is 2.23. The lowest BCUT2D eigenvalue weighted by Gasteiger charge is -2.24. The lowest BCUT2D eigenvalue weighted by atomic mass is 10.1. The summed E-state index contributed by atoms with van der Waals surface area (Å²) < 4.78 is 1.77. The topological polar surface area (TPSA) is 72.9 Å². The molecular formula is C15H22N4O. The van der Waals surface area contributed by atoms with Crippen molar-refractivity contribution < 1.29 is 4.79 Å². The van der Waals surface area contributed by atoms with Crippen molar-refractivity contribution in [1.82, 2.24) is 14.9 Å². The molecule has 2 rings (SSSR count). The lowest BCUT2D eigenvalue weighted by Crippen LogP contribution is -2.43. The minimum atomic E-state index is -0.401. The highest BCUT2D eigenvalue weighted by Gasteiger charge is 2.23. The molecular weight excluding hydrogens is 252 g/mol. The highest BCUT2D eigenvalue weighted by atomic mass is 16.2. The summed E-state index contributed by atoms with van der Waals surface area (Å²) in [5, 5.41) is 2.97. The number of aryl methyl sites for hydroxylation is 1. The average molecular weight is 274 g/mol. The molecule has 2 aromatic rings. The number of nitrogens with two attached hydrogens (primary N) is 1. The monoisotopic (exact) mass is 274 g/mol. The van der Waals surface area contributed by atoms with Gasteiger partial charge in [-0.05, 0) is 52.3 Å². The van der Waals surface area contributed by atoms with Crippen molar-refractivity contribution in [3.8, 4) is 0 Å². The van der Waals surface area contributed by atoms with E-state index >= 15 is 0 Å². The minimum absolute atomic E-state index is 0.0657. The zero-order valence-electron chi connectivity index (χ0n) is 12.7. The van der Waals surface area contributed by atoms with Gasteiger partial charge in [0.2, 0.25) is 11.9 Å². The molecule has 1 amide bonds. The first-order chi connectivity index (χ1) is 9.19. The van der Waals surface area contributed by atoms with Crippen LogP contribution < -0.4 is 11.1 Å². The number of aromatic nitrogens is 2. The average Bonchev–Trinajstić information content (AvgIpc) is 2.60. The number of rotatable bonds is 2. The molecule has 5 nitrogen and oxygen atoms in total. The smallest absolute Gasteiger partial charge is 0.243 e. The van der Waals surface area contributed by atoms with Crippen molar-refractivity contribution in [2.45, 2.75) is 46.2 Å². The Bertz CT molecular complexity index is 652. The zero-order valence-corrected chi connectivity index (χ0v) is 12.7. The van der Waals surface area contributed by atoms with E-state index < -0.39 is 6.04 Å². The van der Waals surface area contributed by atoms with Gasteiger partial charge in [0, 0.05) is 5.54 Å². The number of amides is 1. The first kappa shape index (κ1) is 14.4. The SMILES string of the molecule is Cc1ccc2c(c1)nc(N)n2C(C)C(=O)NC(C)(C)C. The van der Waals surface area contributed by atoms with Gasteiger partial charge < -0.3 is 11.1 Å². The number of nitrogens with one attached hydrogen (secondary N) is 1. The molecule has 0 spiro atoms. The second kappa shape index (κ2) is 4.81. The summed E-state index contributed by atoms with van der Waals surface area (Å²) in [4.78, 5) is 16.6. The number of carbonyl (C=O) groups excluding carboxylic acids is 1. The van der Waals surface area contributed by atoms with E-state index in [-0.39, 0.29) is 11.4 Å². The summed E-state index contributed by atoms with van der Waals surface area (Å²) in [6, 6.07) is 5.52. The van der Waals surface area contributed by atoms with Crippen molar-refractivity contribution >= 4 is 22.9 Å². The molecule has 3 N–H and O–H groups in total. The molecule has 1 heterocycles. The first-order valence-electron chi connectivity index (χ1n) is 6.75. The molecule has 0 saturated heterocycles. The van der Waals surface area contributed by atoms with E-state index in [4.69, 9.17) is 5.73 Å². The van der Waals surface area contributed by atoms with E-state index in [1.807, 2.05) is 52.8 Å². The third kappa shape index (κ3) is 2.76. The molecule has 0 saturated carbocycles. The Balaban J connectivity index is 2.42. The molecule has 5 heteroatoms. The maximum absolute atomic E-state index is 12.3. The van der Waals surface area contributed by atoms with Crippen LogP contribution in [-0.4, -0.2) is 21.0 Å². The maximum atomic E-state index is 12.3. The van der Waals surface area contributed by atoms with Crippen molar-refractivity contribution in [2.24, 2.45) is 0 Å². The maximum Gasteiger partial charge on any atom is 0.243 e. The van der Waals surface area contributed by atoms with Crippen LogP contribution in [0.2, 0.25) is 0 Å². The van der Waals surface area contributed by atoms with Crippen LogP contribution in [0.1, 0.15) is 39.3 Å². The molecule has 1 atom stereocenters. The predicted octanol–water partition coefficient (Wildman–Crippen LogP) is 2.40. The van der Waals surface area contributed by atoms with E-state index in [0.29, 0.717) is 5.95 Å². The highest BCUT2D eigenvalue weighted by molar-refractivity contribution is 5.86. The van der Waals surface area contributed by atoms with E-state index in [1.54, 1.807) is 4.57 Å². The second-order valence-electron chi connectivity index (χ2n) is 6.25. The Kier molecular flexibility index (Phi) is 3.46. The van der Waals surface area contributed by atoms with Gasteiger partial charge in [-0.3, -0.25) is 9.36 Å². The van der Waals surface area contributed by atoms with Crippen LogP contribution in [0.3, 0.4) is 0 Å². The van der Waals surface area contributed by atoms with E-state index in [1.165, 1.54) is 0 Å². The van der Waals surface area contributed by atoms with Gasteiger partial charge in [-0.2, -0.15) is 0 Å². The van der Waals surface area contributed by atoms with Gasteiger partial charge in [0.1, 0.15) is 6.04 Å². The molecule has 0 aliphatic carbocycles. The number of imidazole rings is 1. The standard InChI is InChI=1S/C15H22N4O/c1-9-6-7-12-11(8-9)17-14(16)19(12)10(2)13(20)18-15(3,4)5/h6-8,10H,1-5H3,(H2,16,17)(H,18,20). The summed E-state index contributed by atoms with van der Waals surface area (Å²) in [5.74, 6) is 0.297. The van der Waals surface area contributed by atoms with Crippen LogP contribution in [0, 0.1) is 6.92 Å². The predicted molar refractivity (Wildman–Crippen MR) is 81.5 cm³/mol. The number of benzene rings is 1. The Morgan fingerprint density at radius 3 is 2.65 bits per heavy atom. The van der Waals surface area contributed by atoms with Gasteiger partial charge in [0.25, 0.3) is 0 Å². The van der Waals surface area contributed by atoms with Crippen molar-refractivity contribution in [3.05, 3.63) is 23.8 Å². The van der Waals surface area contributed by atoms with Crippen molar-refractivity contribution in [1.29, 1.82) is 0 Å². The third-order valence-electron chi connectivity index (χ3n) is 3.14. The third-order valence-corrected chi connectivity index (χ3v) is 3.14. The fraction of sp³-hybridized carbons (Fsp3) is 0.467. The Morgan fingerprint density at radius 1 is 1.40 bits per heavy atom. The zero-order chi connectivity index (χ0) is 15.1. The summed E-state index contributed by atoms with van der Waals surface area (Å²) in [6.07, 6.45) is 0. The van der Waals surface area contributed by atoms with Gasteiger partial charge in [-0.1, -0.05) is 6.07 Å². The Labute approximate surface area is 119 Å². The van der Waals surface area contributed by atoms with Crippen LogP contribution in [0.25, 0.3) is 11.0 Å². The van der Waals surface area contributed by atoms with E-state index in [0.717, 1.165) is 16.6 Å². The summed E-state index contributed by atoms with van der Waals surface area (Å²) in [6.45, 7) is 9.70. The molecule has 108 valence electrons. The number of carbonyl (C=O) groups is 1. The van der Waals surface area contributed by atoms with Gasteiger partial charge >= 0.3 is 0 Å². The largest absolute Gasteiger partial charge is 0.369 e. The van der Waals surface area contributed by atoms with Crippen LogP contribution in [-0.2, 0) is 4.79 Å². The lowest BCUT2D eigenvalue weighted by molar-refractivity contribution is -0.125. The molecule has 0 aliphatic heterocycles. The van der Waals surface area contributed by atoms with E-state index in [9.17, 15) is 4.79 Å². The summed E-state index contributed by atoms with van der Waals surface area (Å²) in [5.41, 5.74) is 8.52. The van der Waals surface area contributed by atoms with Crippen LogP contribution in [0.5, 0.6) is 0 Å². The van der Waals surface area contributed by atoms with Crippen LogP contribution >= 0.6 is 0 Å². The molecule has 0 fully saturated rings. The number of hydrogen-bond donors (Lipinski definition) is 2. The Hall–Kier alpha value is -2.04. The highest BCUT2D eigenvalue weighted by Crippen LogP contribution is 2.24. The first-order valence-corrected chi connectivity index (χ1v) is 6.75. The van der Waals surface area contributed by atoms with Crippen molar-refractivity contribution in [2.75, 3.05) is 5.73 Å². The van der Waals surface area contributed by atoms with Gasteiger partial charge in [0.05, 0.1) is 11.0 Å². The van der Waals surface area contributed by atoms with Gasteiger partial charge in [-0.25, -0.2) is 4.98 Å². The number of nitrogen functional groups attached to an aromatic ring is 1. The van der Waals surface area contributed by atoms with Gasteiger partial charge in [-0.15, -0.1) is 0 Å². The van der Waals surface area contributed by atoms with Crippen LogP contribution in [0.15, 0.2) is 18.2 Å². The van der Waals surface area contributed by atoms with Gasteiger partial charge in [0.15, 0.2) is 0 Å². The normalized spacial score (nSPS) is 13.4. The molecule has 0 bridgehead atoms. The molecule has 1 aromatic heterocycles. The molecule has 1 aromatic carbocycles. The molecule has 0 aliphatic rings. The second-order valence-corrected chi connectivity index (χ2v) is 6.25. The van der Waals surface area contributed by atoms with Crippen molar-refractivity contribution in [3.63, 3.8) is 0 Å². The number of fused-ring (bicyclic) bond motifs is 1. The summed E-state index contributed by atoms with van der Waals surface area (Å²) >= 11 is 0. The Morgan fingerprint density at radius 2 is 2.05 bits per heavy atom. The van der Waals surface area contributed by atoms with Crippen LogP contribution in [0.4, 0.5) is 5.95 Å². The number of hydrogen-bond acceptors (Lipinski definition) is 3. The quantitative estimate of drug-likeness (QED) is 0.883. The fourth-order valence-electron chi connectivity index (χ4n) is 2.23. The molecule has 20 heavy (non-hydrogen) atoms. The van der Waals surface area contributed by atoms with E-state index in [2.05, 4.69) is 10.3 Å².